The standard InChI is InChI=1S/C26H22Cl2N4O2/c27-18-8-4-16(21(28)14-18)7-11-22-24-20(26(34)32-12-2-1-3-13-32)15-23(29-25(24)31-30-22)17-5-9-19(33)10-6-17/h4-11,14-15,33H,1-3,12-13H2,(H,29,30,31)/b11-7+. The quantitative estimate of drug-likeness (QED) is 0.343. The van der Waals surface area contributed by atoms with E-state index in [1.165, 1.54) is 0 Å². The van der Waals surface area contributed by atoms with Crippen molar-refractivity contribution in [3.05, 3.63) is 75.4 Å². The summed E-state index contributed by atoms with van der Waals surface area (Å²) in [4.78, 5) is 20.2. The lowest BCUT2D eigenvalue weighted by atomic mass is 10.0. The predicted molar refractivity (Wildman–Crippen MR) is 136 cm³/mol. The Morgan fingerprint density at radius 3 is 2.50 bits per heavy atom. The number of carbonyl (C=O) groups is 1. The van der Waals surface area contributed by atoms with Gasteiger partial charge in [0.1, 0.15) is 5.75 Å². The minimum absolute atomic E-state index is 0.0345. The van der Waals surface area contributed by atoms with Gasteiger partial charge in [-0.05, 0) is 73.4 Å². The monoisotopic (exact) mass is 492 g/mol. The molecule has 0 atom stereocenters. The lowest BCUT2D eigenvalue weighted by molar-refractivity contribution is 0.0726. The van der Waals surface area contributed by atoms with Gasteiger partial charge in [0.05, 0.1) is 22.3 Å². The van der Waals surface area contributed by atoms with E-state index in [9.17, 15) is 9.90 Å². The van der Waals surface area contributed by atoms with Crippen LogP contribution in [0, 0.1) is 0 Å². The van der Waals surface area contributed by atoms with Crippen LogP contribution in [0.25, 0.3) is 34.4 Å². The Hall–Kier alpha value is -3.35. The third-order valence-corrected chi connectivity index (χ3v) is 6.54. The SMILES string of the molecule is O=C(c1cc(-c2ccc(O)cc2)nc2n[nH]c(/C=C/c3ccc(Cl)cc3Cl)c12)N1CCCCC1. The van der Waals surface area contributed by atoms with E-state index in [-0.39, 0.29) is 11.7 Å². The topological polar surface area (TPSA) is 82.1 Å². The van der Waals surface area contributed by atoms with Gasteiger partial charge < -0.3 is 10.0 Å². The largest absolute Gasteiger partial charge is 0.508 e. The van der Waals surface area contributed by atoms with E-state index in [1.807, 2.05) is 29.2 Å². The highest BCUT2D eigenvalue weighted by Gasteiger charge is 2.24. The molecule has 0 spiro atoms. The van der Waals surface area contributed by atoms with Crippen molar-refractivity contribution >= 4 is 52.3 Å². The van der Waals surface area contributed by atoms with Crippen LogP contribution in [0.3, 0.4) is 0 Å². The van der Waals surface area contributed by atoms with Crippen molar-refractivity contribution in [1.82, 2.24) is 20.1 Å². The first kappa shape index (κ1) is 22.4. The van der Waals surface area contributed by atoms with Crippen LogP contribution in [-0.4, -0.2) is 44.2 Å². The molecule has 4 aromatic rings. The molecule has 2 aromatic heterocycles. The normalized spacial score (nSPS) is 14.2. The zero-order chi connectivity index (χ0) is 23.7. The number of hydrogen-bond donors (Lipinski definition) is 2. The average molecular weight is 493 g/mol. The number of halogens is 2. The highest BCUT2D eigenvalue weighted by atomic mass is 35.5. The molecule has 0 unspecified atom stereocenters. The molecule has 2 N–H and O–H groups in total. The van der Waals surface area contributed by atoms with Crippen molar-refractivity contribution in [1.29, 1.82) is 0 Å². The van der Waals surface area contributed by atoms with Crippen LogP contribution in [0.1, 0.15) is 40.9 Å². The molecule has 1 aliphatic heterocycles. The predicted octanol–water partition coefficient (Wildman–Crippen LogP) is 6.43. The third-order valence-electron chi connectivity index (χ3n) is 5.98. The molecular formula is C26H22Cl2N4O2. The number of benzene rings is 2. The fraction of sp³-hybridized carbons (Fsp3) is 0.192. The van der Waals surface area contributed by atoms with Crippen molar-refractivity contribution in [3.8, 4) is 17.0 Å². The van der Waals surface area contributed by atoms with Gasteiger partial charge in [-0.3, -0.25) is 9.89 Å². The van der Waals surface area contributed by atoms with Crippen LogP contribution in [-0.2, 0) is 0 Å². The molecule has 0 radical (unpaired) electrons. The minimum atomic E-state index is -0.0345. The molecule has 1 amide bonds. The number of phenols is 1. The van der Waals surface area contributed by atoms with Gasteiger partial charge in [-0.2, -0.15) is 5.10 Å². The number of aromatic nitrogens is 3. The molecule has 172 valence electrons. The zero-order valence-corrected chi connectivity index (χ0v) is 19.8. The number of amides is 1. The number of hydrogen-bond acceptors (Lipinski definition) is 4. The van der Waals surface area contributed by atoms with Crippen molar-refractivity contribution in [2.45, 2.75) is 19.3 Å². The Morgan fingerprint density at radius 2 is 1.76 bits per heavy atom. The smallest absolute Gasteiger partial charge is 0.254 e. The number of piperidine rings is 1. The molecule has 5 rings (SSSR count). The molecule has 0 saturated carbocycles. The van der Waals surface area contributed by atoms with Gasteiger partial charge in [0.15, 0.2) is 5.65 Å². The Kier molecular flexibility index (Phi) is 6.26. The number of rotatable bonds is 4. The van der Waals surface area contributed by atoms with Crippen LogP contribution in [0.5, 0.6) is 5.75 Å². The number of fused-ring (bicyclic) bond motifs is 1. The summed E-state index contributed by atoms with van der Waals surface area (Å²) in [6.07, 6.45) is 6.83. The van der Waals surface area contributed by atoms with E-state index in [2.05, 4.69) is 10.2 Å². The van der Waals surface area contributed by atoms with Crippen LogP contribution in [0.15, 0.2) is 48.5 Å². The molecule has 2 aromatic carbocycles. The van der Waals surface area contributed by atoms with Gasteiger partial charge in [0, 0.05) is 28.7 Å². The number of likely N-dealkylation sites (tertiary alicyclic amines) is 1. The van der Waals surface area contributed by atoms with E-state index in [4.69, 9.17) is 28.2 Å². The lowest BCUT2D eigenvalue weighted by Gasteiger charge is -2.27. The number of carbonyl (C=O) groups excluding carboxylic acids is 1. The molecule has 1 aliphatic rings. The van der Waals surface area contributed by atoms with E-state index < -0.39 is 0 Å². The molecule has 0 bridgehead atoms. The van der Waals surface area contributed by atoms with Crippen molar-refractivity contribution in [2.24, 2.45) is 0 Å². The molecule has 1 fully saturated rings. The summed E-state index contributed by atoms with van der Waals surface area (Å²) in [5, 5.41) is 18.8. The summed E-state index contributed by atoms with van der Waals surface area (Å²) in [7, 11) is 0. The Bertz CT molecular complexity index is 1390. The van der Waals surface area contributed by atoms with Crippen LogP contribution in [0.4, 0.5) is 0 Å². The number of nitrogens with one attached hydrogen (secondary N) is 1. The van der Waals surface area contributed by atoms with Crippen LogP contribution < -0.4 is 0 Å². The number of aromatic amines is 1. The molecule has 3 heterocycles. The fourth-order valence-electron chi connectivity index (χ4n) is 4.19. The zero-order valence-electron chi connectivity index (χ0n) is 18.3. The van der Waals surface area contributed by atoms with Crippen LogP contribution in [0.2, 0.25) is 10.0 Å². The summed E-state index contributed by atoms with van der Waals surface area (Å²) in [6, 6.07) is 13.8. The van der Waals surface area contributed by atoms with E-state index in [1.54, 1.807) is 36.4 Å². The van der Waals surface area contributed by atoms with Gasteiger partial charge in [-0.1, -0.05) is 35.3 Å². The van der Waals surface area contributed by atoms with E-state index in [0.717, 1.165) is 43.5 Å². The van der Waals surface area contributed by atoms with Crippen LogP contribution >= 0.6 is 23.2 Å². The average Bonchev–Trinajstić information content (AvgIpc) is 3.26. The summed E-state index contributed by atoms with van der Waals surface area (Å²) >= 11 is 12.3. The van der Waals surface area contributed by atoms with Gasteiger partial charge in [-0.25, -0.2) is 4.98 Å². The third kappa shape index (κ3) is 4.52. The molecule has 6 nitrogen and oxygen atoms in total. The maximum atomic E-state index is 13.6. The molecular weight excluding hydrogens is 471 g/mol. The second-order valence-corrected chi connectivity index (χ2v) is 9.13. The second kappa shape index (κ2) is 9.49. The number of H-pyrrole nitrogens is 1. The highest BCUT2D eigenvalue weighted by Crippen LogP contribution is 2.30. The molecule has 1 saturated heterocycles. The summed E-state index contributed by atoms with van der Waals surface area (Å²) in [5.74, 6) is 0.134. The van der Waals surface area contributed by atoms with Crippen molar-refractivity contribution < 1.29 is 9.90 Å². The first-order valence-corrected chi connectivity index (χ1v) is 11.9. The number of nitrogens with zero attached hydrogens (tertiary/aromatic N) is 3. The maximum Gasteiger partial charge on any atom is 0.254 e. The first-order chi connectivity index (χ1) is 16.5. The minimum Gasteiger partial charge on any atom is -0.508 e. The number of aromatic hydroxyl groups is 1. The van der Waals surface area contributed by atoms with Crippen molar-refractivity contribution in [3.63, 3.8) is 0 Å². The molecule has 34 heavy (non-hydrogen) atoms. The van der Waals surface area contributed by atoms with Gasteiger partial charge in [0.2, 0.25) is 0 Å². The molecule has 0 aliphatic carbocycles. The maximum absolute atomic E-state index is 13.6. The van der Waals surface area contributed by atoms with E-state index in [0.29, 0.717) is 38.0 Å². The van der Waals surface area contributed by atoms with Gasteiger partial charge in [-0.15, -0.1) is 0 Å². The highest BCUT2D eigenvalue weighted by molar-refractivity contribution is 6.35. The summed E-state index contributed by atoms with van der Waals surface area (Å²) in [6.45, 7) is 1.47. The lowest BCUT2D eigenvalue weighted by Crippen LogP contribution is -2.35. The molecule has 8 heteroatoms. The Labute approximate surface area is 206 Å². The number of phenolic OH excluding ortho intramolecular Hbond substituents is 1. The fourth-order valence-corrected chi connectivity index (χ4v) is 4.67. The second-order valence-electron chi connectivity index (χ2n) is 8.29. The first-order valence-electron chi connectivity index (χ1n) is 11.1. The van der Waals surface area contributed by atoms with Crippen molar-refractivity contribution in [2.75, 3.05) is 13.1 Å². The van der Waals surface area contributed by atoms with E-state index >= 15 is 0 Å². The Morgan fingerprint density at radius 1 is 1.00 bits per heavy atom. The van der Waals surface area contributed by atoms with Gasteiger partial charge in [0.25, 0.3) is 5.91 Å². The summed E-state index contributed by atoms with van der Waals surface area (Å²) in [5.41, 5.74) is 3.88. The Balaban J connectivity index is 1.62. The van der Waals surface area contributed by atoms with Gasteiger partial charge >= 0.3 is 0 Å². The summed E-state index contributed by atoms with van der Waals surface area (Å²) < 4.78 is 0. The number of pyridine rings is 1.